The summed E-state index contributed by atoms with van der Waals surface area (Å²) in [6, 6.07) is 26.0. The van der Waals surface area contributed by atoms with Crippen molar-refractivity contribution in [3.63, 3.8) is 0 Å². The number of amides is 5. The van der Waals surface area contributed by atoms with Crippen molar-refractivity contribution in [2.24, 2.45) is 0 Å². The first-order chi connectivity index (χ1) is 17.5. The minimum atomic E-state index is -1.49. The second kappa shape index (κ2) is 9.22. The van der Waals surface area contributed by atoms with E-state index in [1.165, 1.54) is 36.6 Å². The van der Waals surface area contributed by atoms with Gasteiger partial charge in [0.25, 0.3) is 17.7 Å². The number of rotatable bonds is 6. The minimum Gasteiger partial charge on any atom is -0.459 e. The number of carbonyl (C=O) groups excluding carboxylic acids is 4. The van der Waals surface area contributed by atoms with Gasteiger partial charge >= 0.3 is 6.03 Å². The molecule has 1 aliphatic heterocycles. The zero-order valence-corrected chi connectivity index (χ0v) is 18.8. The van der Waals surface area contributed by atoms with Gasteiger partial charge in [0, 0.05) is 11.3 Å². The Morgan fingerprint density at radius 3 is 1.92 bits per heavy atom. The molecule has 1 saturated heterocycles. The van der Waals surface area contributed by atoms with Crippen molar-refractivity contribution in [1.29, 1.82) is 0 Å². The summed E-state index contributed by atoms with van der Waals surface area (Å²) in [6.07, 6.45) is 1.39. The third-order valence-corrected chi connectivity index (χ3v) is 5.80. The van der Waals surface area contributed by atoms with Crippen molar-refractivity contribution in [1.82, 2.24) is 15.8 Å². The Hall–Kier alpha value is -5.18. The highest BCUT2D eigenvalue weighted by molar-refractivity contribution is 6.11. The van der Waals surface area contributed by atoms with E-state index in [9.17, 15) is 19.2 Å². The smallest absolute Gasteiger partial charge is 0.344 e. The Kier molecular flexibility index (Phi) is 5.79. The Balaban J connectivity index is 1.36. The van der Waals surface area contributed by atoms with Crippen LogP contribution < -0.4 is 16.1 Å². The molecule has 1 aliphatic rings. The van der Waals surface area contributed by atoms with E-state index >= 15 is 0 Å². The number of urea groups is 1. The maximum atomic E-state index is 13.7. The largest absolute Gasteiger partial charge is 0.459 e. The van der Waals surface area contributed by atoms with Gasteiger partial charge in [-0.1, -0.05) is 60.7 Å². The fourth-order valence-electron chi connectivity index (χ4n) is 4.04. The number of carbonyl (C=O) groups is 4. The Bertz CT molecular complexity index is 1380. The van der Waals surface area contributed by atoms with Crippen LogP contribution >= 0.6 is 0 Å². The first-order valence-corrected chi connectivity index (χ1v) is 11.0. The van der Waals surface area contributed by atoms with Gasteiger partial charge in [-0.3, -0.25) is 19.8 Å². The highest BCUT2D eigenvalue weighted by Crippen LogP contribution is 2.35. The van der Waals surface area contributed by atoms with E-state index < -0.39 is 29.3 Å². The average Bonchev–Trinajstić information content (AvgIpc) is 3.54. The summed E-state index contributed by atoms with van der Waals surface area (Å²) in [5.41, 5.74) is 2.65. The van der Waals surface area contributed by atoms with Crippen LogP contribution in [0.2, 0.25) is 0 Å². The molecule has 2 heterocycles. The molecule has 0 radical (unpaired) electrons. The summed E-state index contributed by atoms with van der Waals surface area (Å²) in [4.78, 5) is 51.6. The monoisotopic (exact) mass is 480 g/mol. The van der Waals surface area contributed by atoms with E-state index in [1.54, 1.807) is 54.6 Å². The van der Waals surface area contributed by atoms with E-state index in [0.29, 0.717) is 21.8 Å². The fourth-order valence-corrected chi connectivity index (χ4v) is 4.04. The standard InChI is InChI=1S/C27H20N4O5/c32-23(18-13-15-21(16-14-18)28-24(33)22-12-7-17-36-22)30-31-25(34)27(29-26(31)35,19-8-3-1-4-9-19)20-10-5-2-6-11-20/h1-17H,(H,28,33)(H,29,35)(H,30,32). The lowest BCUT2D eigenvalue weighted by Crippen LogP contribution is -2.49. The lowest BCUT2D eigenvalue weighted by molar-refractivity contribution is -0.131. The molecule has 5 amide bonds. The maximum Gasteiger partial charge on any atom is 0.344 e. The topological polar surface area (TPSA) is 121 Å². The second-order valence-electron chi connectivity index (χ2n) is 8.00. The molecular weight excluding hydrogens is 460 g/mol. The number of nitrogens with one attached hydrogen (secondary N) is 3. The summed E-state index contributed by atoms with van der Waals surface area (Å²) in [5, 5.41) is 6.11. The minimum absolute atomic E-state index is 0.149. The maximum absolute atomic E-state index is 13.7. The van der Waals surface area contributed by atoms with Gasteiger partial charge in [-0.05, 0) is 47.5 Å². The zero-order valence-electron chi connectivity index (χ0n) is 18.8. The van der Waals surface area contributed by atoms with Crippen LogP contribution in [0, 0.1) is 0 Å². The number of hydrazine groups is 1. The average molecular weight is 480 g/mol. The third-order valence-electron chi connectivity index (χ3n) is 5.80. The summed E-state index contributed by atoms with van der Waals surface area (Å²) < 4.78 is 5.05. The van der Waals surface area contributed by atoms with E-state index in [4.69, 9.17) is 4.42 Å². The fraction of sp³-hybridized carbons (Fsp3) is 0.0370. The molecule has 0 atom stereocenters. The molecule has 0 spiro atoms. The number of hydrogen-bond acceptors (Lipinski definition) is 5. The van der Waals surface area contributed by atoms with Crippen molar-refractivity contribution in [3.05, 3.63) is 126 Å². The molecule has 5 rings (SSSR count). The Morgan fingerprint density at radius 2 is 1.36 bits per heavy atom. The van der Waals surface area contributed by atoms with Gasteiger partial charge in [0.2, 0.25) is 0 Å². The van der Waals surface area contributed by atoms with Gasteiger partial charge in [-0.2, -0.15) is 5.01 Å². The number of nitrogens with zero attached hydrogens (tertiary/aromatic N) is 1. The number of furan rings is 1. The summed E-state index contributed by atoms with van der Waals surface area (Å²) in [7, 11) is 0. The molecule has 3 N–H and O–H groups in total. The van der Waals surface area contributed by atoms with Crippen molar-refractivity contribution in [2.45, 2.75) is 5.54 Å². The molecule has 1 aromatic heterocycles. The molecule has 36 heavy (non-hydrogen) atoms. The second-order valence-corrected chi connectivity index (χ2v) is 8.00. The number of benzene rings is 3. The van der Waals surface area contributed by atoms with Gasteiger partial charge < -0.3 is 15.1 Å². The number of imide groups is 1. The lowest BCUT2D eigenvalue weighted by Gasteiger charge is -2.27. The van der Waals surface area contributed by atoms with Crippen LogP contribution in [-0.2, 0) is 10.3 Å². The summed E-state index contributed by atoms with van der Waals surface area (Å²) >= 11 is 0. The molecule has 178 valence electrons. The molecule has 9 heteroatoms. The SMILES string of the molecule is O=C(NN1C(=O)NC(c2ccccc2)(c2ccccc2)C1=O)c1ccc(NC(=O)c2ccco2)cc1. The predicted octanol–water partition coefficient (Wildman–Crippen LogP) is 3.67. The van der Waals surface area contributed by atoms with Crippen molar-refractivity contribution >= 4 is 29.4 Å². The van der Waals surface area contributed by atoms with Gasteiger partial charge in [0.05, 0.1) is 6.26 Å². The molecule has 1 fully saturated rings. The number of anilines is 1. The molecule has 3 aromatic carbocycles. The van der Waals surface area contributed by atoms with Crippen molar-refractivity contribution < 1.29 is 23.6 Å². The molecule has 9 nitrogen and oxygen atoms in total. The first kappa shape index (κ1) is 22.6. The third kappa shape index (κ3) is 3.98. The normalized spacial score (nSPS) is 14.3. The molecule has 0 bridgehead atoms. The molecule has 4 aromatic rings. The Labute approximate surface area is 205 Å². The van der Waals surface area contributed by atoms with E-state index in [2.05, 4.69) is 16.1 Å². The molecular formula is C27H20N4O5. The first-order valence-electron chi connectivity index (χ1n) is 11.0. The lowest BCUT2D eigenvalue weighted by atomic mass is 9.83. The quantitative estimate of drug-likeness (QED) is 0.364. The Morgan fingerprint density at radius 1 is 0.750 bits per heavy atom. The zero-order chi connectivity index (χ0) is 25.1. The van der Waals surface area contributed by atoms with E-state index in [0.717, 1.165) is 0 Å². The van der Waals surface area contributed by atoms with Crippen LogP contribution in [0.5, 0.6) is 0 Å². The van der Waals surface area contributed by atoms with E-state index in [1.807, 2.05) is 12.1 Å². The van der Waals surface area contributed by atoms with Crippen molar-refractivity contribution in [2.75, 3.05) is 5.32 Å². The molecule has 0 saturated carbocycles. The highest BCUT2D eigenvalue weighted by Gasteiger charge is 2.54. The van der Waals surface area contributed by atoms with Crippen LogP contribution in [0.25, 0.3) is 0 Å². The molecule has 0 aliphatic carbocycles. The van der Waals surface area contributed by atoms with Crippen LogP contribution in [0.4, 0.5) is 10.5 Å². The van der Waals surface area contributed by atoms with E-state index in [-0.39, 0.29) is 11.3 Å². The number of hydrogen-bond donors (Lipinski definition) is 3. The highest BCUT2D eigenvalue weighted by atomic mass is 16.3. The summed E-state index contributed by atoms with van der Waals surface area (Å²) in [6.45, 7) is 0. The van der Waals surface area contributed by atoms with Gasteiger partial charge in [-0.15, -0.1) is 0 Å². The van der Waals surface area contributed by atoms with Gasteiger partial charge in [0.1, 0.15) is 0 Å². The van der Waals surface area contributed by atoms with Crippen molar-refractivity contribution in [3.8, 4) is 0 Å². The summed E-state index contributed by atoms with van der Waals surface area (Å²) in [5.74, 6) is -1.59. The van der Waals surface area contributed by atoms with Crippen LogP contribution in [0.3, 0.4) is 0 Å². The van der Waals surface area contributed by atoms with Gasteiger partial charge in [-0.25, -0.2) is 4.79 Å². The molecule has 0 unspecified atom stereocenters. The van der Waals surface area contributed by atoms with Crippen LogP contribution in [0.15, 0.2) is 108 Å². The van der Waals surface area contributed by atoms with Crippen LogP contribution in [0.1, 0.15) is 32.0 Å². The predicted molar refractivity (Wildman–Crippen MR) is 130 cm³/mol. The van der Waals surface area contributed by atoms with Gasteiger partial charge in [0.15, 0.2) is 11.3 Å². The van der Waals surface area contributed by atoms with Crippen LogP contribution in [-0.4, -0.2) is 28.8 Å².